The number of hydrogen-bond donors (Lipinski definition) is 1. The van der Waals surface area contributed by atoms with E-state index in [1.807, 2.05) is 18.2 Å². The van der Waals surface area contributed by atoms with Crippen LogP contribution in [0.2, 0.25) is 0 Å². The number of hydrogen-bond acceptors (Lipinski definition) is 4. The average molecular weight is 217 g/mol. The molecule has 4 heteroatoms. The van der Waals surface area contributed by atoms with Crippen molar-refractivity contribution in [2.45, 2.75) is 19.3 Å². The van der Waals surface area contributed by atoms with Crippen LogP contribution in [0.3, 0.4) is 0 Å². The second-order valence-electron chi connectivity index (χ2n) is 3.72. The van der Waals surface area contributed by atoms with Crippen LogP contribution >= 0.6 is 0 Å². The van der Waals surface area contributed by atoms with E-state index in [0.717, 1.165) is 0 Å². The molecule has 1 atom stereocenters. The van der Waals surface area contributed by atoms with E-state index in [0.29, 0.717) is 24.7 Å². The van der Waals surface area contributed by atoms with Crippen molar-refractivity contribution in [1.29, 1.82) is 0 Å². The maximum Gasteiger partial charge on any atom is 0.233 e. The third kappa shape index (κ3) is 2.28. The molecular formula is C12H15N3O. The number of benzene rings is 1. The van der Waals surface area contributed by atoms with Crippen molar-refractivity contribution < 1.29 is 4.52 Å². The van der Waals surface area contributed by atoms with E-state index >= 15 is 0 Å². The third-order valence-electron chi connectivity index (χ3n) is 2.52. The standard InChI is InChI=1S/C12H15N3O/c1-9(10-5-3-2-4-6-10)12-14-11(7-8-13)15-16-12/h2-6,9H,7-8,13H2,1H3. The van der Waals surface area contributed by atoms with E-state index in [1.54, 1.807) is 0 Å². The van der Waals surface area contributed by atoms with Crippen molar-refractivity contribution in [3.63, 3.8) is 0 Å². The van der Waals surface area contributed by atoms with E-state index in [4.69, 9.17) is 10.3 Å². The summed E-state index contributed by atoms with van der Waals surface area (Å²) in [5, 5.41) is 3.89. The zero-order valence-corrected chi connectivity index (χ0v) is 9.26. The fraction of sp³-hybridized carbons (Fsp3) is 0.333. The number of nitrogens with two attached hydrogens (primary N) is 1. The van der Waals surface area contributed by atoms with Gasteiger partial charge < -0.3 is 10.3 Å². The lowest BCUT2D eigenvalue weighted by Gasteiger charge is -2.05. The summed E-state index contributed by atoms with van der Waals surface area (Å²) >= 11 is 0. The molecule has 0 saturated carbocycles. The maximum atomic E-state index is 5.44. The van der Waals surface area contributed by atoms with Gasteiger partial charge in [-0.15, -0.1) is 0 Å². The van der Waals surface area contributed by atoms with E-state index in [-0.39, 0.29) is 5.92 Å². The van der Waals surface area contributed by atoms with Gasteiger partial charge in [0.2, 0.25) is 5.89 Å². The van der Waals surface area contributed by atoms with Crippen molar-refractivity contribution in [3.05, 3.63) is 47.6 Å². The molecule has 2 rings (SSSR count). The van der Waals surface area contributed by atoms with Gasteiger partial charge in [-0.1, -0.05) is 35.5 Å². The Kier molecular flexibility index (Phi) is 3.31. The summed E-state index contributed by atoms with van der Waals surface area (Å²) in [6.45, 7) is 2.59. The molecule has 1 aromatic carbocycles. The highest BCUT2D eigenvalue weighted by Crippen LogP contribution is 2.21. The topological polar surface area (TPSA) is 64.9 Å². The minimum absolute atomic E-state index is 0.125. The first-order chi connectivity index (χ1) is 7.81. The summed E-state index contributed by atoms with van der Waals surface area (Å²) in [6, 6.07) is 10.1. The van der Waals surface area contributed by atoms with Crippen LogP contribution in [0, 0.1) is 0 Å². The van der Waals surface area contributed by atoms with Gasteiger partial charge in [0.25, 0.3) is 0 Å². The largest absolute Gasteiger partial charge is 0.339 e. The first kappa shape index (κ1) is 10.8. The second-order valence-corrected chi connectivity index (χ2v) is 3.72. The van der Waals surface area contributed by atoms with Crippen molar-refractivity contribution in [1.82, 2.24) is 10.1 Å². The van der Waals surface area contributed by atoms with Crippen LogP contribution < -0.4 is 5.73 Å². The van der Waals surface area contributed by atoms with Gasteiger partial charge in [0.1, 0.15) is 0 Å². The summed E-state index contributed by atoms with van der Waals surface area (Å²) in [5.41, 5.74) is 6.61. The Labute approximate surface area is 94.5 Å². The second kappa shape index (κ2) is 4.90. The zero-order valence-electron chi connectivity index (χ0n) is 9.26. The van der Waals surface area contributed by atoms with Gasteiger partial charge in [0.05, 0.1) is 5.92 Å². The monoisotopic (exact) mass is 217 g/mol. The highest BCUT2D eigenvalue weighted by atomic mass is 16.5. The van der Waals surface area contributed by atoms with Crippen molar-refractivity contribution in [3.8, 4) is 0 Å². The summed E-state index contributed by atoms with van der Waals surface area (Å²) in [4.78, 5) is 4.32. The lowest BCUT2D eigenvalue weighted by molar-refractivity contribution is 0.365. The molecule has 4 nitrogen and oxygen atoms in total. The predicted molar refractivity (Wildman–Crippen MR) is 61.0 cm³/mol. The van der Waals surface area contributed by atoms with Gasteiger partial charge >= 0.3 is 0 Å². The Morgan fingerprint density at radius 3 is 2.75 bits per heavy atom. The Balaban J connectivity index is 2.17. The number of nitrogens with zero attached hydrogens (tertiary/aromatic N) is 2. The first-order valence-electron chi connectivity index (χ1n) is 5.38. The molecule has 2 N–H and O–H groups in total. The number of rotatable bonds is 4. The first-order valence-corrected chi connectivity index (χ1v) is 5.38. The molecule has 0 aliphatic carbocycles. The molecule has 1 aromatic heterocycles. The molecule has 0 bridgehead atoms. The summed E-state index contributed by atoms with van der Waals surface area (Å²) in [6.07, 6.45) is 0.658. The fourth-order valence-corrected chi connectivity index (χ4v) is 1.56. The minimum Gasteiger partial charge on any atom is -0.339 e. The van der Waals surface area contributed by atoms with E-state index < -0.39 is 0 Å². The van der Waals surface area contributed by atoms with Crippen LogP contribution in [0.5, 0.6) is 0 Å². The molecule has 0 aliphatic heterocycles. The molecule has 16 heavy (non-hydrogen) atoms. The van der Waals surface area contributed by atoms with Crippen LogP contribution in [-0.4, -0.2) is 16.7 Å². The predicted octanol–water partition coefficient (Wildman–Crippen LogP) is 1.72. The molecule has 1 unspecified atom stereocenters. The van der Waals surface area contributed by atoms with Crippen LogP contribution in [0.4, 0.5) is 0 Å². The van der Waals surface area contributed by atoms with E-state index in [2.05, 4.69) is 29.2 Å². The molecule has 2 aromatic rings. The van der Waals surface area contributed by atoms with Gasteiger partial charge in [-0.2, -0.15) is 4.98 Å². The minimum atomic E-state index is 0.125. The fourth-order valence-electron chi connectivity index (χ4n) is 1.56. The van der Waals surface area contributed by atoms with E-state index in [1.165, 1.54) is 5.56 Å². The van der Waals surface area contributed by atoms with E-state index in [9.17, 15) is 0 Å². The smallest absolute Gasteiger partial charge is 0.233 e. The molecule has 1 heterocycles. The molecule has 0 aliphatic rings. The number of aromatic nitrogens is 2. The quantitative estimate of drug-likeness (QED) is 0.846. The Morgan fingerprint density at radius 2 is 2.06 bits per heavy atom. The molecular weight excluding hydrogens is 202 g/mol. The summed E-state index contributed by atoms with van der Waals surface area (Å²) < 4.78 is 5.22. The van der Waals surface area contributed by atoms with Gasteiger partial charge in [-0.3, -0.25) is 0 Å². The average Bonchev–Trinajstić information content (AvgIpc) is 2.78. The Bertz CT molecular complexity index is 439. The SMILES string of the molecule is CC(c1ccccc1)c1nc(CCN)no1. The molecule has 0 fully saturated rings. The summed E-state index contributed by atoms with van der Waals surface area (Å²) in [5.74, 6) is 1.45. The van der Waals surface area contributed by atoms with Crippen LogP contribution in [0.15, 0.2) is 34.9 Å². The highest BCUT2D eigenvalue weighted by Gasteiger charge is 2.15. The molecule has 84 valence electrons. The van der Waals surface area contributed by atoms with Crippen LogP contribution in [-0.2, 0) is 6.42 Å². The lowest BCUT2D eigenvalue weighted by atomic mass is 10.0. The highest BCUT2D eigenvalue weighted by molar-refractivity contribution is 5.23. The third-order valence-corrected chi connectivity index (χ3v) is 2.52. The van der Waals surface area contributed by atoms with Gasteiger partial charge in [0.15, 0.2) is 5.82 Å². The van der Waals surface area contributed by atoms with Gasteiger partial charge in [-0.25, -0.2) is 0 Å². The Hall–Kier alpha value is -1.68. The Morgan fingerprint density at radius 1 is 1.31 bits per heavy atom. The normalized spacial score (nSPS) is 12.6. The molecule has 0 radical (unpaired) electrons. The van der Waals surface area contributed by atoms with Crippen molar-refractivity contribution in [2.75, 3.05) is 6.54 Å². The zero-order chi connectivity index (χ0) is 11.4. The molecule has 0 amide bonds. The lowest BCUT2D eigenvalue weighted by Crippen LogP contribution is -2.04. The maximum absolute atomic E-state index is 5.44. The van der Waals surface area contributed by atoms with Crippen molar-refractivity contribution >= 4 is 0 Å². The van der Waals surface area contributed by atoms with Gasteiger partial charge in [-0.05, 0) is 19.0 Å². The molecule has 0 spiro atoms. The van der Waals surface area contributed by atoms with Crippen molar-refractivity contribution in [2.24, 2.45) is 5.73 Å². The van der Waals surface area contributed by atoms with Gasteiger partial charge in [0, 0.05) is 6.42 Å². The van der Waals surface area contributed by atoms with Crippen LogP contribution in [0.1, 0.15) is 30.1 Å². The summed E-state index contributed by atoms with van der Waals surface area (Å²) in [7, 11) is 0. The van der Waals surface area contributed by atoms with Crippen LogP contribution in [0.25, 0.3) is 0 Å². The molecule has 0 saturated heterocycles.